The number of carbonyl (C=O) groups excluding carboxylic acids is 3. The van der Waals surface area contributed by atoms with Gasteiger partial charge in [-0.3, -0.25) is 19.3 Å². The Kier molecular flexibility index (Phi) is 7.36. The highest BCUT2D eigenvalue weighted by molar-refractivity contribution is 8.18. The van der Waals surface area contributed by atoms with Crippen molar-refractivity contribution in [2.24, 2.45) is 0 Å². The molecule has 1 aliphatic heterocycles. The fourth-order valence-electron chi connectivity index (χ4n) is 3.68. The number of rotatable bonds is 7. The van der Waals surface area contributed by atoms with Gasteiger partial charge in [-0.2, -0.15) is 0 Å². The number of hydrogen-bond donors (Lipinski definition) is 1. The van der Waals surface area contributed by atoms with E-state index in [0.29, 0.717) is 23.6 Å². The van der Waals surface area contributed by atoms with Crippen molar-refractivity contribution in [3.8, 4) is 5.75 Å². The first-order valence-electron chi connectivity index (χ1n) is 11.2. The van der Waals surface area contributed by atoms with E-state index in [1.54, 1.807) is 6.08 Å². The number of carbonyl (C=O) groups is 3. The summed E-state index contributed by atoms with van der Waals surface area (Å²) in [6, 6.07) is 21.1. The maximum absolute atomic E-state index is 13.0. The van der Waals surface area contributed by atoms with Crippen molar-refractivity contribution < 1.29 is 19.1 Å². The Morgan fingerprint density at radius 1 is 0.971 bits per heavy atom. The lowest BCUT2D eigenvalue weighted by atomic mass is 10.1. The van der Waals surface area contributed by atoms with Gasteiger partial charge in [0.15, 0.2) is 0 Å². The average Bonchev–Trinajstić information content (AvgIpc) is 3.08. The maximum atomic E-state index is 13.0. The SMILES string of the molecule is Cc1cccc(COc2ccccc2/C=C2/SC(=O)N(CC(=O)Nc3cc(C)ccc3C)C2=O)c1. The molecule has 3 aromatic carbocycles. The van der Waals surface area contributed by atoms with Gasteiger partial charge in [0.1, 0.15) is 18.9 Å². The van der Waals surface area contributed by atoms with E-state index < -0.39 is 17.1 Å². The smallest absolute Gasteiger partial charge is 0.294 e. The highest BCUT2D eigenvalue weighted by Crippen LogP contribution is 2.34. The Morgan fingerprint density at radius 2 is 1.74 bits per heavy atom. The quantitative estimate of drug-likeness (QED) is 0.423. The van der Waals surface area contributed by atoms with Crippen molar-refractivity contribution in [3.05, 3.63) is 99.5 Å². The molecule has 1 fully saturated rings. The van der Waals surface area contributed by atoms with Crippen LogP contribution in [0.25, 0.3) is 6.08 Å². The van der Waals surface area contributed by atoms with Crippen LogP contribution in [-0.4, -0.2) is 28.5 Å². The second-order valence-electron chi connectivity index (χ2n) is 8.45. The van der Waals surface area contributed by atoms with Crippen molar-refractivity contribution in [1.29, 1.82) is 0 Å². The lowest BCUT2D eigenvalue weighted by molar-refractivity contribution is -0.127. The molecule has 0 radical (unpaired) electrons. The van der Waals surface area contributed by atoms with Crippen molar-refractivity contribution in [3.63, 3.8) is 0 Å². The first kappa shape index (κ1) is 24.3. The zero-order chi connectivity index (χ0) is 24.9. The molecule has 0 aliphatic carbocycles. The van der Waals surface area contributed by atoms with Crippen LogP contribution in [0.1, 0.15) is 27.8 Å². The number of amides is 3. The third-order valence-corrected chi connectivity index (χ3v) is 6.43. The molecule has 1 saturated heterocycles. The van der Waals surface area contributed by atoms with Crippen LogP contribution in [0.5, 0.6) is 5.75 Å². The average molecular weight is 487 g/mol. The Bertz CT molecular complexity index is 1330. The van der Waals surface area contributed by atoms with E-state index in [9.17, 15) is 14.4 Å². The number of thioether (sulfide) groups is 1. The van der Waals surface area contributed by atoms with Crippen LogP contribution in [0.2, 0.25) is 0 Å². The second-order valence-corrected chi connectivity index (χ2v) is 9.44. The minimum Gasteiger partial charge on any atom is -0.488 e. The predicted molar refractivity (Wildman–Crippen MR) is 139 cm³/mol. The summed E-state index contributed by atoms with van der Waals surface area (Å²) in [7, 11) is 0. The number of anilines is 1. The number of ether oxygens (including phenoxy) is 1. The summed E-state index contributed by atoms with van der Waals surface area (Å²) in [5, 5.41) is 2.32. The van der Waals surface area contributed by atoms with E-state index in [2.05, 4.69) is 11.4 Å². The van der Waals surface area contributed by atoms with Crippen LogP contribution in [0.3, 0.4) is 0 Å². The molecule has 4 rings (SSSR count). The van der Waals surface area contributed by atoms with Gasteiger partial charge in [-0.15, -0.1) is 0 Å². The summed E-state index contributed by atoms with van der Waals surface area (Å²) in [4.78, 5) is 39.3. The fourth-order valence-corrected chi connectivity index (χ4v) is 4.50. The van der Waals surface area contributed by atoms with Crippen LogP contribution in [0.15, 0.2) is 71.6 Å². The van der Waals surface area contributed by atoms with Gasteiger partial charge in [0.2, 0.25) is 5.91 Å². The summed E-state index contributed by atoms with van der Waals surface area (Å²) in [6.07, 6.45) is 1.64. The molecular formula is C28H26N2O4S. The number of nitrogens with zero attached hydrogens (tertiary/aromatic N) is 1. The molecule has 1 heterocycles. The first-order chi connectivity index (χ1) is 16.8. The molecule has 0 aromatic heterocycles. The lowest BCUT2D eigenvalue weighted by Crippen LogP contribution is -2.36. The van der Waals surface area contributed by atoms with Gasteiger partial charge in [0.25, 0.3) is 11.1 Å². The van der Waals surface area contributed by atoms with Gasteiger partial charge in [-0.1, -0.05) is 60.2 Å². The van der Waals surface area contributed by atoms with Gasteiger partial charge >= 0.3 is 0 Å². The molecule has 0 spiro atoms. The van der Waals surface area contributed by atoms with Crippen LogP contribution < -0.4 is 10.1 Å². The minimum atomic E-state index is -0.496. The number of benzene rings is 3. The summed E-state index contributed by atoms with van der Waals surface area (Å²) >= 11 is 0.819. The monoisotopic (exact) mass is 486 g/mol. The molecule has 1 N–H and O–H groups in total. The minimum absolute atomic E-state index is 0.251. The summed E-state index contributed by atoms with van der Waals surface area (Å²) in [5.41, 5.74) is 5.44. The summed E-state index contributed by atoms with van der Waals surface area (Å²) in [5.74, 6) is -0.317. The Balaban J connectivity index is 1.46. The Hall–Kier alpha value is -3.84. The zero-order valence-electron chi connectivity index (χ0n) is 19.8. The predicted octanol–water partition coefficient (Wildman–Crippen LogP) is 5.87. The lowest BCUT2D eigenvalue weighted by Gasteiger charge is -2.14. The van der Waals surface area contributed by atoms with Crippen molar-refractivity contribution in [1.82, 2.24) is 4.90 Å². The molecule has 0 saturated carbocycles. The largest absolute Gasteiger partial charge is 0.488 e. The number of hydrogen-bond acceptors (Lipinski definition) is 5. The van der Waals surface area contributed by atoms with Crippen LogP contribution in [0.4, 0.5) is 10.5 Å². The van der Waals surface area contributed by atoms with Crippen molar-refractivity contribution in [2.45, 2.75) is 27.4 Å². The normalized spacial score (nSPS) is 14.5. The number of nitrogens with one attached hydrogen (secondary N) is 1. The van der Waals surface area contributed by atoms with E-state index in [0.717, 1.165) is 38.9 Å². The van der Waals surface area contributed by atoms with Crippen molar-refractivity contribution in [2.75, 3.05) is 11.9 Å². The molecule has 0 bridgehead atoms. The molecule has 7 heteroatoms. The van der Waals surface area contributed by atoms with Gasteiger partial charge in [0, 0.05) is 11.3 Å². The van der Waals surface area contributed by atoms with Crippen LogP contribution in [0, 0.1) is 20.8 Å². The second kappa shape index (κ2) is 10.6. The standard InChI is InChI=1S/C28H26N2O4S/c1-18-7-6-8-21(13-18)17-34-24-10-5-4-9-22(24)15-25-27(32)30(28(33)35-25)16-26(31)29-23-14-19(2)11-12-20(23)3/h4-15H,16-17H2,1-3H3,(H,29,31)/b25-15+. The molecule has 3 amide bonds. The summed E-state index contributed by atoms with van der Waals surface area (Å²) in [6.45, 7) is 5.87. The number of aryl methyl sites for hydroxylation is 3. The van der Waals surface area contributed by atoms with E-state index in [-0.39, 0.29) is 11.4 Å². The molecule has 0 unspecified atom stereocenters. The third kappa shape index (κ3) is 6.00. The van der Waals surface area contributed by atoms with E-state index >= 15 is 0 Å². The van der Waals surface area contributed by atoms with E-state index in [1.807, 2.05) is 81.4 Å². The van der Waals surface area contributed by atoms with Gasteiger partial charge in [-0.05, 0) is 67.4 Å². The number of imide groups is 1. The maximum Gasteiger partial charge on any atom is 0.294 e. The molecule has 3 aromatic rings. The van der Waals surface area contributed by atoms with Crippen LogP contribution >= 0.6 is 11.8 Å². The van der Waals surface area contributed by atoms with E-state index in [4.69, 9.17) is 4.74 Å². The Labute approximate surface area is 209 Å². The summed E-state index contributed by atoms with van der Waals surface area (Å²) < 4.78 is 6.00. The van der Waals surface area contributed by atoms with Gasteiger partial charge in [-0.25, -0.2) is 0 Å². The van der Waals surface area contributed by atoms with Gasteiger partial charge < -0.3 is 10.1 Å². The molecule has 178 valence electrons. The molecule has 0 atom stereocenters. The van der Waals surface area contributed by atoms with Crippen molar-refractivity contribution >= 4 is 40.6 Å². The van der Waals surface area contributed by atoms with Gasteiger partial charge in [0.05, 0.1) is 4.91 Å². The van der Waals surface area contributed by atoms with E-state index in [1.165, 1.54) is 0 Å². The highest BCUT2D eigenvalue weighted by Gasteiger charge is 2.36. The third-order valence-electron chi connectivity index (χ3n) is 5.52. The first-order valence-corrected chi connectivity index (χ1v) is 12.0. The Morgan fingerprint density at radius 3 is 2.54 bits per heavy atom. The molecule has 35 heavy (non-hydrogen) atoms. The highest BCUT2D eigenvalue weighted by atomic mass is 32.2. The topological polar surface area (TPSA) is 75.7 Å². The molecular weight excluding hydrogens is 460 g/mol. The molecule has 6 nitrogen and oxygen atoms in total. The number of para-hydroxylation sites is 1. The molecule has 1 aliphatic rings. The van der Waals surface area contributed by atoms with Crippen LogP contribution in [-0.2, 0) is 16.2 Å². The fraction of sp³-hybridized carbons (Fsp3) is 0.179. The zero-order valence-corrected chi connectivity index (χ0v) is 20.6.